The summed E-state index contributed by atoms with van der Waals surface area (Å²) in [6.45, 7) is 3.96. The Kier molecular flexibility index (Phi) is 5.21. The summed E-state index contributed by atoms with van der Waals surface area (Å²) in [6, 6.07) is 12.4. The van der Waals surface area contributed by atoms with Gasteiger partial charge >= 0.3 is 0 Å². The van der Waals surface area contributed by atoms with E-state index in [0.29, 0.717) is 5.56 Å². The molecule has 0 aliphatic rings. The highest BCUT2D eigenvalue weighted by Gasteiger charge is 2.17. The number of halogens is 2. The molecule has 0 aliphatic carbocycles. The van der Waals surface area contributed by atoms with Crippen molar-refractivity contribution in [3.63, 3.8) is 0 Å². The predicted molar refractivity (Wildman–Crippen MR) is 84.5 cm³/mol. The van der Waals surface area contributed by atoms with Gasteiger partial charge in [0, 0.05) is 5.56 Å². The minimum Gasteiger partial charge on any atom is -0.491 e. The Morgan fingerprint density at radius 2 is 1.76 bits per heavy atom. The SMILES string of the molecule is CNC(c1ccc(OC(C)C)cc1)c1cccc(Cl)c1F. The second-order valence-electron chi connectivity index (χ2n) is 5.10. The molecule has 1 atom stereocenters. The lowest BCUT2D eigenvalue weighted by Crippen LogP contribution is -2.19. The topological polar surface area (TPSA) is 21.3 Å². The Morgan fingerprint density at radius 3 is 2.33 bits per heavy atom. The maximum atomic E-state index is 14.2. The van der Waals surface area contributed by atoms with E-state index in [1.165, 1.54) is 0 Å². The third kappa shape index (κ3) is 3.74. The lowest BCUT2D eigenvalue weighted by atomic mass is 9.98. The van der Waals surface area contributed by atoms with E-state index in [0.717, 1.165) is 11.3 Å². The summed E-state index contributed by atoms with van der Waals surface area (Å²) in [5.74, 6) is 0.413. The minimum absolute atomic E-state index is 0.126. The van der Waals surface area contributed by atoms with Crippen molar-refractivity contribution in [3.05, 3.63) is 64.4 Å². The van der Waals surface area contributed by atoms with Crippen molar-refractivity contribution in [3.8, 4) is 5.75 Å². The average molecular weight is 308 g/mol. The smallest absolute Gasteiger partial charge is 0.146 e. The molecule has 0 saturated heterocycles. The van der Waals surface area contributed by atoms with Crippen LogP contribution in [0.4, 0.5) is 4.39 Å². The molecule has 0 radical (unpaired) electrons. The van der Waals surface area contributed by atoms with Crippen LogP contribution in [0.25, 0.3) is 0 Å². The van der Waals surface area contributed by atoms with Crippen molar-refractivity contribution in [2.24, 2.45) is 0 Å². The van der Waals surface area contributed by atoms with Gasteiger partial charge in [0.1, 0.15) is 11.6 Å². The number of benzene rings is 2. The summed E-state index contributed by atoms with van der Waals surface area (Å²) in [6.07, 6.45) is 0.126. The van der Waals surface area contributed by atoms with Gasteiger partial charge in [0.2, 0.25) is 0 Å². The van der Waals surface area contributed by atoms with Gasteiger partial charge in [-0.1, -0.05) is 35.9 Å². The van der Waals surface area contributed by atoms with E-state index in [1.54, 1.807) is 25.2 Å². The summed E-state index contributed by atoms with van der Waals surface area (Å²) >= 11 is 5.86. The van der Waals surface area contributed by atoms with Gasteiger partial charge < -0.3 is 10.1 Å². The number of ether oxygens (including phenoxy) is 1. The monoisotopic (exact) mass is 307 g/mol. The Balaban J connectivity index is 2.31. The highest BCUT2D eigenvalue weighted by molar-refractivity contribution is 6.30. The third-order valence-corrected chi connectivity index (χ3v) is 3.46. The zero-order valence-electron chi connectivity index (χ0n) is 12.4. The molecule has 0 aromatic heterocycles. The molecule has 0 spiro atoms. The van der Waals surface area contributed by atoms with E-state index in [-0.39, 0.29) is 23.0 Å². The lowest BCUT2D eigenvalue weighted by molar-refractivity contribution is 0.242. The van der Waals surface area contributed by atoms with E-state index in [2.05, 4.69) is 5.32 Å². The molecule has 21 heavy (non-hydrogen) atoms. The average Bonchev–Trinajstić information content (AvgIpc) is 2.45. The molecule has 2 aromatic rings. The fourth-order valence-corrected chi connectivity index (χ4v) is 2.44. The molecule has 0 fully saturated rings. The molecule has 0 saturated carbocycles. The molecule has 0 bridgehead atoms. The van der Waals surface area contributed by atoms with E-state index in [9.17, 15) is 4.39 Å². The minimum atomic E-state index is -0.388. The summed E-state index contributed by atoms with van der Waals surface area (Å²) in [5, 5.41) is 3.26. The van der Waals surface area contributed by atoms with E-state index >= 15 is 0 Å². The predicted octanol–water partition coefficient (Wildman–Crippen LogP) is 4.58. The Morgan fingerprint density at radius 1 is 1.10 bits per heavy atom. The van der Waals surface area contributed by atoms with Gasteiger partial charge in [0.15, 0.2) is 0 Å². The van der Waals surface area contributed by atoms with Crippen LogP contribution in [0.5, 0.6) is 5.75 Å². The summed E-state index contributed by atoms with van der Waals surface area (Å²) in [4.78, 5) is 0. The van der Waals surface area contributed by atoms with Gasteiger partial charge in [0.25, 0.3) is 0 Å². The molecule has 2 rings (SSSR count). The van der Waals surface area contributed by atoms with Crippen molar-refractivity contribution >= 4 is 11.6 Å². The zero-order chi connectivity index (χ0) is 15.4. The van der Waals surface area contributed by atoms with Crippen LogP contribution < -0.4 is 10.1 Å². The van der Waals surface area contributed by atoms with Crippen molar-refractivity contribution < 1.29 is 9.13 Å². The Bertz CT molecular complexity index is 598. The molecule has 2 aromatic carbocycles. The van der Waals surface area contributed by atoms with Crippen LogP contribution in [0.3, 0.4) is 0 Å². The first-order chi connectivity index (χ1) is 10.0. The van der Waals surface area contributed by atoms with Gasteiger partial charge in [-0.3, -0.25) is 0 Å². The molecule has 0 amide bonds. The van der Waals surface area contributed by atoms with Crippen molar-refractivity contribution in [1.29, 1.82) is 0 Å². The quantitative estimate of drug-likeness (QED) is 0.873. The van der Waals surface area contributed by atoms with Gasteiger partial charge in [0.05, 0.1) is 17.2 Å². The van der Waals surface area contributed by atoms with E-state index in [4.69, 9.17) is 16.3 Å². The maximum absolute atomic E-state index is 14.2. The molecule has 1 N–H and O–H groups in total. The van der Waals surface area contributed by atoms with E-state index < -0.39 is 0 Å². The maximum Gasteiger partial charge on any atom is 0.146 e. The van der Waals surface area contributed by atoms with Crippen LogP contribution in [-0.2, 0) is 0 Å². The number of rotatable bonds is 5. The van der Waals surface area contributed by atoms with Crippen LogP contribution in [0.1, 0.15) is 31.0 Å². The second kappa shape index (κ2) is 6.92. The fourth-order valence-electron chi connectivity index (χ4n) is 2.26. The Hall–Kier alpha value is -1.58. The Labute approximate surface area is 129 Å². The molecule has 112 valence electrons. The van der Waals surface area contributed by atoms with E-state index in [1.807, 2.05) is 38.1 Å². The number of nitrogens with one attached hydrogen (secondary N) is 1. The van der Waals surface area contributed by atoms with Crippen molar-refractivity contribution in [2.45, 2.75) is 26.0 Å². The van der Waals surface area contributed by atoms with Crippen LogP contribution in [-0.4, -0.2) is 13.2 Å². The molecule has 0 aliphatic heterocycles. The molecular weight excluding hydrogens is 289 g/mol. The molecular formula is C17H19ClFNO. The lowest BCUT2D eigenvalue weighted by Gasteiger charge is -2.19. The van der Waals surface area contributed by atoms with Gasteiger partial charge in [-0.2, -0.15) is 0 Å². The first-order valence-electron chi connectivity index (χ1n) is 6.90. The van der Waals surface area contributed by atoms with Gasteiger partial charge in [-0.25, -0.2) is 4.39 Å². The van der Waals surface area contributed by atoms with Gasteiger partial charge in [-0.15, -0.1) is 0 Å². The first kappa shape index (κ1) is 15.8. The fraction of sp³-hybridized carbons (Fsp3) is 0.294. The molecule has 1 unspecified atom stereocenters. The second-order valence-corrected chi connectivity index (χ2v) is 5.51. The highest BCUT2D eigenvalue weighted by atomic mass is 35.5. The van der Waals surface area contributed by atoms with Crippen LogP contribution in [0.2, 0.25) is 5.02 Å². The van der Waals surface area contributed by atoms with Crippen LogP contribution in [0, 0.1) is 5.82 Å². The summed E-state index contributed by atoms with van der Waals surface area (Å²) in [5.41, 5.74) is 1.48. The van der Waals surface area contributed by atoms with Gasteiger partial charge in [-0.05, 0) is 44.7 Å². The highest BCUT2D eigenvalue weighted by Crippen LogP contribution is 2.29. The number of hydrogen-bond donors (Lipinski definition) is 1. The standard InChI is InChI=1S/C17H19ClFNO/c1-11(2)21-13-9-7-12(8-10-13)17(20-3)14-5-4-6-15(18)16(14)19/h4-11,17,20H,1-3H3. The largest absolute Gasteiger partial charge is 0.491 e. The summed E-state index contributed by atoms with van der Waals surface area (Å²) < 4.78 is 19.8. The molecule has 0 heterocycles. The zero-order valence-corrected chi connectivity index (χ0v) is 13.1. The van der Waals surface area contributed by atoms with Crippen molar-refractivity contribution in [2.75, 3.05) is 7.05 Å². The third-order valence-electron chi connectivity index (χ3n) is 3.17. The van der Waals surface area contributed by atoms with Crippen LogP contribution >= 0.6 is 11.6 Å². The molecule has 2 nitrogen and oxygen atoms in total. The number of hydrogen-bond acceptors (Lipinski definition) is 2. The van der Waals surface area contributed by atoms with Crippen molar-refractivity contribution in [1.82, 2.24) is 5.32 Å². The summed E-state index contributed by atoms with van der Waals surface area (Å²) in [7, 11) is 1.80. The van der Waals surface area contributed by atoms with Crippen LogP contribution in [0.15, 0.2) is 42.5 Å². The first-order valence-corrected chi connectivity index (χ1v) is 7.28. The normalized spacial score (nSPS) is 12.5. The molecule has 4 heteroatoms.